The molecule has 1 atom stereocenters. The summed E-state index contributed by atoms with van der Waals surface area (Å²) in [6, 6.07) is 8.57. The summed E-state index contributed by atoms with van der Waals surface area (Å²) in [6.45, 7) is 7.95. The van der Waals surface area contributed by atoms with Crippen LogP contribution in [0.15, 0.2) is 24.3 Å². The predicted octanol–water partition coefficient (Wildman–Crippen LogP) is 1.22. The molecule has 7 nitrogen and oxygen atoms in total. The van der Waals surface area contributed by atoms with Crippen molar-refractivity contribution in [1.29, 1.82) is 0 Å². The SMILES string of the molecule is Cc1cccc(N2CCN(CC(=O)N3CCCC4(CNC(=O)O4)C3)CC2)c1. The molecule has 1 N–H and O–H groups in total. The van der Waals surface area contributed by atoms with Gasteiger partial charge in [0.15, 0.2) is 0 Å². The van der Waals surface area contributed by atoms with Gasteiger partial charge in [-0.05, 0) is 37.5 Å². The van der Waals surface area contributed by atoms with Crippen molar-refractivity contribution in [2.45, 2.75) is 25.4 Å². The van der Waals surface area contributed by atoms with Crippen LogP contribution in [-0.4, -0.2) is 79.8 Å². The van der Waals surface area contributed by atoms with Gasteiger partial charge in [-0.25, -0.2) is 4.79 Å². The molecule has 1 aromatic rings. The van der Waals surface area contributed by atoms with Crippen LogP contribution in [0.25, 0.3) is 0 Å². The fourth-order valence-electron chi connectivity index (χ4n) is 4.32. The van der Waals surface area contributed by atoms with E-state index in [0.717, 1.165) is 45.6 Å². The largest absolute Gasteiger partial charge is 0.439 e. The van der Waals surface area contributed by atoms with Crippen LogP contribution in [0.1, 0.15) is 18.4 Å². The van der Waals surface area contributed by atoms with E-state index < -0.39 is 5.60 Å². The third kappa shape index (κ3) is 4.03. The Labute approximate surface area is 160 Å². The van der Waals surface area contributed by atoms with Crippen molar-refractivity contribution in [3.8, 4) is 0 Å². The number of anilines is 1. The van der Waals surface area contributed by atoms with Crippen LogP contribution in [0.2, 0.25) is 0 Å². The van der Waals surface area contributed by atoms with E-state index in [4.69, 9.17) is 4.74 Å². The number of hydrogen-bond donors (Lipinski definition) is 1. The number of hydrogen-bond acceptors (Lipinski definition) is 5. The Bertz CT molecular complexity index is 717. The molecule has 4 rings (SSSR count). The van der Waals surface area contributed by atoms with E-state index in [-0.39, 0.29) is 12.0 Å². The van der Waals surface area contributed by atoms with Crippen molar-refractivity contribution >= 4 is 17.7 Å². The molecule has 3 heterocycles. The molecule has 3 aliphatic rings. The second kappa shape index (κ2) is 7.38. The highest BCUT2D eigenvalue weighted by atomic mass is 16.6. The van der Waals surface area contributed by atoms with Gasteiger partial charge in [0.1, 0.15) is 5.60 Å². The van der Waals surface area contributed by atoms with Crippen LogP contribution in [-0.2, 0) is 9.53 Å². The van der Waals surface area contributed by atoms with Gasteiger partial charge in [0.2, 0.25) is 5.91 Å². The molecule has 3 saturated heterocycles. The minimum Gasteiger partial charge on any atom is -0.439 e. The van der Waals surface area contributed by atoms with E-state index in [1.54, 1.807) is 0 Å². The molecule has 7 heteroatoms. The minimum absolute atomic E-state index is 0.140. The number of nitrogens with one attached hydrogen (secondary N) is 1. The molecule has 0 saturated carbocycles. The lowest BCUT2D eigenvalue weighted by atomic mass is 9.93. The summed E-state index contributed by atoms with van der Waals surface area (Å²) in [5, 5.41) is 2.73. The van der Waals surface area contributed by atoms with Gasteiger partial charge in [-0.15, -0.1) is 0 Å². The zero-order valence-electron chi connectivity index (χ0n) is 15.9. The highest BCUT2D eigenvalue weighted by molar-refractivity contribution is 5.79. The van der Waals surface area contributed by atoms with Gasteiger partial charge in [0.05, 0.1) is 19.6 Å². The molecule has 0 aromatic heterocycles. The van der Waals surface area contributed by atoms with Gasteiger partial charge in [-0.2, -0.15) is 0 Å². The highest BCUT2D eigenvalue weighted by Gasteiger charge is 2.44. The van der Waals surface area contributed by atoms with Crippen molar-refractivity contribution in [3.63, 3.8) is 0 Å². The molecule has 0 aliphatic carbocycles. The van der Waals surface area contributed by atoms with Crippen molar-refractivity contribution in [3.05, 3.63) is 29.8 Å². The number of piperazine rings is 1. The van der Waals surface area contributed by atoms with Crippen molar-refractivity contribution < 1.29 is 14.3 Å². The fraction of sp³-hybridized carbons (Fsp3) is 0.600. The van der Waals surface area contributed by atoms with Crippen molar-refractivity contribution in [2.75, 3.05) is 57.3 Å². The standard InChI is InChI=1S/C20H28N4O3/c1-16-4-2-5-17(12-16)23-10-8-22(9-11-23)13-18(25)24-7-3-6-20(15-24)14-21-19(26)27-20/h2,4-5,12H,3,6-11,13-15H2,1H3,(H,21,26). The lowest BCUT2D eigenvalue weighted by Gasteiger charge is -2.40. The first-order chi connectivity index (χ1) is 13.0. The number of nitrogens with zero attached hydrogens (tertiary/aromatic N) is 3. The van der Waals surface area contributed by atoms with E-state index >= 15 is 0 Å². The van der Waals surface area contributed by atoms with Crippen LogP contribution >= 0.6 is 0 Å². The molecule has 146 valence electrons. The number of benzene rings is 1. The number of alkyl carbamates (subject to hydrolysis) is 1. The number of aryl methyl sites for hydroxylation is 1. The Hall–Kier alpha value is -2.28. The van der Waals surface area contributed by atoms with E-state index in [1.165, 1.54) is 11.3 Å². The van der Waals surface area contributed by atoms with Crippen LogP contribution in [0.4, 0.5) is 10.5 Å². The summed E-state index contributed by atoms with van der Waals surface area (Å²) in [7, 11) is 0. The summed E-state index contributed by atoms with van der Waals surface area (Å²) in [6.07, 6.45) is 1.34. The van der Waals surface area contributed by atoms with Gasteiger partial charge in [-0.1, -0.05) is 12.1 Å². The predicted molar refractivity (Wildman–Crippen MR) is 103 cm³/mol. The average molecular weight is 372 g/mol. The first-order valence-corrected chi connectivity index (χ1v) is 9.82. The molecule has 1 unspecified atom stereocenters. The first kappa shape index (κ1) is 18.1. The molecule has 3 aliphatic heterocycles. The maximum Gasteiger partial charge on any atom is 0.407 e. The molecule has 0 radical (unpaired) electrons. The Morgan fingerprint density at radius 1 is 1.22 bits per heavy atom. The van der Waals surface area contributed by atoms with Gasteiger partial charge in [0, 0.05) is 38.4 Å². The molecule has 3 fully saturated rings. The molecule has 2 amide bonds. The topological polar surface area (TPSA) is 65.1 Å². The number of rotatable bonds is 3. The smallest absolute Gasteiger partial charge is 0.407 e. The Balaban J connectivity index is 1.29. The van der Waals surface area contributed by atoms with E-state index in [9.17, 15) is 9.59 Å². The van der Waals surface area contributed by atoms with Crippen LogP contribution in [0.3, 0.4) is 0 Å². The monoisotopic (exact) mass is 372 g/mol. The summed E-state index contributed by atoms with van der Waals surface area (Å²) in [5.74, 6) is 0.140. The molecular weight excluding hydrogens is 344 g/mol. The molecule has 1 aromatic carbocycles. The molecular formula is C20H28N4O3. The summed E-state index contributed by atoms with van der Waals surface area (Å²) < 4.78 is 5.47. The van der Waals surface area contributed by atoms with E-state index in [1.807, 2.05) is 4.90 Å². The van der Waals surface area contributed by atoms with Crippen molar-refractivity contribution in [1.82, 2.24) is 15.1 Å². The third-order valence-corrected chi connectivity index (χ3v) is 5.85. The van der Waals surface area contributed by atoms with Gasteiger partial charge in [-0.3, -0.25) is 9.69 Å². The lowest BCUT2D eigenvalue weighted by molar-refractivity contribution is -0.138. The Morgan fingerprint density at radius 2 is 2.04 bits per heavy atom. The zero-order chi connectivity index (χ0) is 18.9. The maximum atomic E-state index is 12.8. The minimum atomic E-state index is -0.519. The van der Waals surface area contributed by atoms with E-state index in [2.05, 4.69) is 46.3 Å². The maximum absolute atomic E-state index is 12.8. The molecule has 1 spiro atoms. The third-order valence-electron chi connectivity index (χ3n) is 5.85. The summed E-state index contributed by atoms with van der Waals surface area (Å²) in [5.41, 5.74) is 2.01. The van der Waals surface area contributed by atoms with Crippen LogP contribution in [0, 0.1) is 6.92 Å². The Kier molecular flexibility index (Phi) is 4.95. The number of likely N-dealkylation sites (tertiary alicyclic amines) is 1. The van der Waals surface area contributed by atoms with Crippen LogP contribution < -0.4 is 10.2 Å². The first-order valence-electron chi connectivity index (χ1n) is 9.82. The highest BCUT2D eigenvalue weighted by Crippen LogP contribution is 2.28. The summed E-state index contributed by atoms with van der Waals surface area (Å²) >= 11 is 0. The van der Waals surface area contributed by atoms with Crippen molar-refractivity contribution in [2.24, 2.45) is 0 Å². The normalized spacial score (nSPS) is 26.2. The number of carbonyl (C=O) groups excluding carboxylic acids is 2. The Morgan fingerprint density at radius 3 is 2.74 bits per heavy atom. The molecule has 27 heavy (non-hydrogen) atoms. The number of amides is 2. The number of ether oxygens (including phenoxy) is 1. The second-order valence-corrected chi connectivity index (χ2v) is 7.95. The molecule has 0 bridgehead atoms. The second-order valence-electron chi connectivity index (χ2n) is 7.95. The number of piperidine rings is 1. The summed E-state index contributed by atoms with van der Waals surface area (Å²) in [4.78, 5) is 30.7. The van der Waals surface area contributed by atoms with Gasteiger partial charge in [0.25, 0.3) is 0 Å². The number of carbonyl (C=O) groups is 2. The average Bonchev–Trinajstić information content (AvgIpc) is 3.02. The quantitative estimate of drug-likeness (QED) is 0.864. The lowest BCUT2D eigenvalue weighted by Crippen LogP contribution is -2.55. The van der Waals surface area contributed by atoms with Crippen LogP contribution in [0.5, 0.6) is 0 Å². The van der Waals surface area contributed by atoms with Gasteiger partial charge < -0.3 is 19.9 Å². The zero-order valence-corrected chi connectivity index (χ0v) is 15.9. The fourth-order valence-corrected chi connectivity index (χ4v) is 4.32. The van der Waals surface area contributed by atoms with Gasteiger partial charge >= 0.3 is 6.09 Å². The van der Waals surface area contributed by atoms with E-state index in [0.29, 0.717) is 19.6 Å².